The molecule has 0 spiro atoms. The summed E-state index contributed by atoms with van der Waals surface area (Å²) in [5.41, 5.74) is 0.990. The highest BCUT2D eigenvalue weighted by atomic mass is 35.5. The third kappa shape index (κ3) is 4.36. The molecule has 6 heteroatoms. The first-order valence-electron chi connectivity index (χ1n) is 7.09. The van der Waals surface area contributed by atoms with Gasteiger partial charge >= 0.3 is 6.09 Å². The second-order valence-electron chi connectivity index (χ2n) is 5.89. The van der Waals surface area contributed by atoms with Gasteiger partial charge in [-0.1, -0.05) is 22.8 Å². The lowest BCUT2D eigenvalue weighted by molar-refractivity contribution is 0.0544. The van der Waals surface area contributed by atoms with Gasteiger partial charge in [-0.05, 0) is 45.0 Å². The second-order valence-corrected chi connectivity index (χ2v) is 6.33. The minimum absolute atomic E-state index is 0.435. The number of halogens is 1. The quantitative estimate of drug-likeness (QED) is 0.602. The van der Waals surface area contributed by atoms with Crippen LogP contribution in [-0.2, 0) is 9.57 Å². The Labute approximate surface area is 140 Å². The Kier molecular flexibility index (Phi) is 5.11. The SMILES string of the molecule is CO/N=C\C=C\c1cn(C(=O)OC(C)(C)C)c2ccc(Cl)cc12. The van der Waals surface area contributed by atoms with E-state index in [2.05, 4.69) is 9.99 Å². The van der Waals surface area contributed by atoms with E-state index >= 15 is 0 Å². The van der Waals surface area contributed by atoms with Gasteiger partial charge in [0.25, 0.3) is 0 Å². The van der Waals surface area contributed by atoms with Crippen molar-refractivity contribution in [3.8, 4) is 0 Å². The molecule has 0 fully saturated rings. The molecular formula is C17H19ClN2O3. The van der Waals surface area contributed by atoms with Crippen molar-refractivity contribution in [3.63, 3.8) is 0 Å². The molecule has 5 nitrogen and oxygen atoms in total. The van der Waals surface area contributed by atoms with E-state index in [0.717, 1.165) is 16.5 Å². The molecule has 0 saturated carbocycles. The molecule has 1 aromatic carbocycles. The van der Waals surface area contributed by atoms with E-state index in [1.54, 1.807) is 24.4 Å². The van der Waals surface area contributed by atoms with Gasteiger partial charge in [0.1, 0.15) is 12.7 Å². The van der Waals surface area contributed by atoms with Gasteiger partial charge < -0.3 is 9.57 Å². The van der Waals surface area contributed by atoms with E-state index in [1.165, 1.54) is 17.9 Å². The van der Waals surface area contributed by atoms with Crippen molar-refractivity contribution >= 4 is 40.9 Å². The van der Waals surface area contributed by atoms with E-state index in [4.69, 9.17) is 16.3 Å². The zero-order valence-corrected chi connectivity index (χ0v) is 14.3. The molecule has 0 atom stereocenters. The predicted molar refractivity (Wildman–Crippen MR) is 93.1 cm³/mol. The summed E-state index contributed by atoms with van der Waals surface area (Å²) in [6, 6.07) is 5.34. The number of nitrogens with zero attached hydrogens (tertiary/aromatic N) is 2. The van der Waals surface area contributed by atoms with Gasteiger partial charge in [0.05, 0.1) is 11.7 Å². The maximum atomic E-state index is 12.4. The van der Waals surface area contributed by atoms with Crippen LogP contribution in [0.1, 0.15) is 26.3 Å². The van der Waals surface area contributed by atoms with Crippen molar-refractivity contribution in [2.24, 2.45) is 5.16 Å². The van der Waals surface area contributed by atoms with E-state index in [0.29, 0.717) is 5.02 Å². The van der Waals surface area contributed by atoms with Gasteiger partial charge in [-0.2, -0.15) is 0 Å². The summed E-state index contributed by atoms with van der Waals surface area (Å²) < 4.78 is 6.92. The fraction of sp³-hybridized carbons (Fsp3) is 0.294. The van der Waals surface area contributed by atoms with Crippen LogP contribution in [0.15, 0.2) is 35.6 Å². The molecule has 0 bridgehead atoms. The Hall–Kier alpha value is -2.27. The molecule has 1 heterocycles. The molecule has 2 rings (SSSR count). The highest BCUT2D eigenvalue weighted by molar-refractivity contribution is 6.31. The van der Waals surface area contributed by atoms with Crippen LogP contribution in [-0.4, -0.2) is 29.6 Å². The number of hydrogen-bond acceptors (Lipinski definition) is 4. The summed E-state index contributed by atoms with van der Waals surface area (Å²) in [6.07, 6.45) is 6.34. The van der Waals surface area contributed by atoms with Gasteiger partial charge in [-0.25, -0.2) is 4.79 Å². The van der Waals surface area contributed by atoms with E-state index in [-0.39, 0.29) is 0 Å². The minimum atomic E-state index is -0.568. The molecule has 0 N–H and O–H groups in total. The van der Waals surface area contributed by atoms with Gasteiger partial charge in [-0.15, -0.1) is 0 Å². The number of aromatic nitrogens is 1. The number of fused-ring (bicyclic) bond motifs is 1. The topological polar surface area (TPSA) is 52.8 Å². The number of oxime groups is 1. The third-order valence-corrected chi connectivity index (χ3v) is 3.15. The van der Waals surface area contributed by atoms with E-state index < -0.39 is 11.7 Å². The number of carbonyl (C=O) groups is 1. The summed E-state index contributed by atoms with van der Waals surface area (Å²) in [6.45, 7) is 5.49. The molecule has 0 aliphatic rings. The molecule has 2 aromatic rings. The first-order chi connectivity index (χ1) is 10.8. The molecule has 0 aliphatic carbocycles. The van der Waals surface area contributed by atoms with Crippen molar-refractivity contribution in [2.75, 3.05) is 7.11 Å². The molecule has 23 heavy (non-hydrogen) atoms. The molecule has 1 aromatic heterocycles. The van der Waals surface area contributed by atoms with Crippen LogP contribution in [0.4, 0.5) is 4.79 Å². The zero-order valence-electron chi connectivity index (χ0n) is 13.5. The summed E-state index contributed by atoms with van der Waals surface area (Å²) >= 11 is 6.07. The molecule has 0 aliphatic heterocycles. The molecule has 0 saturated heterocycles. The highest BCUT2D eigenvalue weighted by Crippen LogP contribution is 2.26. The Bertz CT molecular complexity index is 770. The standard InChI is InChI=1S/C17H19ClN2O3/c1-17(2,3)23-16(21)20-11-12(6-5-9-19-22-4)14-10-13(18)7-8-15(14)20/h5-11H,1-4H3/b6-5+,19-9-. The number of hydrogen-bond donors (Lipinski definition) is 0. The van der Waals surface area contributed by atoms with Crippen molar-refractivity contribution < 1.29 is 14.4 Å². The smallest absolute Gasteiger partial charge is 0.419 e. The molecular weight excluding hydrogens is 316 g/mol. The summed E-state index contributed by atoms with van der Waals surface area (Å²) in [4.78, 5) is 17.0. The van der Waals surface area contributed by atoms with Crippen LogP contribution in [0, 0.1) is 0 Å². The van der Waals surface area contributed by atoms with E-state index in [1.807, 2.05) is 32.9 Å². The first kappa shape index (κ1) is 17.1. The normalized spacial score (nSPS) is 12.4. The summed E-state index contributed by atoms with van der Waals surface area (Å²) in [5, 5.41) is 5.09. The van der Waals surface area contributed by atoms with Crippen molar-refractivity contribution in [1.82, 2.24) is 4.57 Å². The van der Waals surface area contributed by atoms with Gasteiger partial charge in [0.15, 0.2) is 0 Å². The largest absolute Gasteiger partial charge is 0.443 e. The zero-order chi connectivity index (χ0) is 17.0. The minimum Gasteiger partial charge on any atom is -0.443 e. The van der Waals surface area contributed by atoms with Crippen molar-refractivity contribution in [3.05, 3.63) is 41.1 Å². The number of allylic oxidation sites excluding steroid dienone is 1. The number of carbonyl (C=O) groups excluding carboxylic acids is 1. The molecule has 0 radical (unpaired) electrons. The maximum Gasteiger partial charge on any atom is 0.419 e. The van der Waals surface area contributed by atoms with E-state index in [9.17, 15) is 4.79 Å². The Morgan fingerprint density at radius 1 is 1.35 bits per heavy atom. The van der Waals surface area contributed by atoms with Crippen LogP contribution >= 0.6 is 11.6 Å². The third-order valence-electron chi connectivity index (χ3n) is 2.92. The molecule has 0 amide bonds. The average molecular weight is 335 g/mol. The Morgan fingerprint density at radius 2 is 2.09 bits per heavy atom. The number of benzene rings is 1. The number of ether oxygens (including phenoxy) is 1. The monoisotopic (exact) mass is 334 g/mol. The lowest BCUT2D eigenvalue weighted by atomic mass is 10.1. The predicted octanol–water partition coefficient (Wildman–Crippen LogP) is 4.72. The van der Waals surface area contributed by atoms with Gasteiger partial charge in [0, 0.05) is 22.2 Å². The number of rotatable bonds is 3. The first-order valence-corrected chi connectivity index (χ1v) is 7.47. The maximum absolute atomic E-state index is 12.4. The fourth-order valence-electron chi connectivity index (χ4n) is 2.07. The van der Waals surface area contributed by atoms with Crippen LogP contribution in [0.25, 0.3) is 17.0 Å². The van der Waals surface area contributed by atoms with Crippen LogP contribution < -0.4 is 0 Å². The van der Waals surface area contributed by atoms with Gasteiger partial charge in [-0.3, -0.25) is 4.57 Å². The highest BCUT2D eigenvalue weighted by Gasteiger charge is 2.20. The summed E-state index contributed by atoms with van der Waals surface area (Å²) in [7, 11) is 1.47. The average Bonchev–Trinajstić information content (AvgIpc) is 2.80. The van der Waals surface area contributed by atoms with Crippen molar-refractivity contribution in [2.45, 2.75) is 26.4 Å². The fourth-order valence-corrected chi connectivity index (χ4v) is 2.24. The van der Waals surface area contributed by atoms with Crippen molar-refractivity contribution in [1.29, 1.82) is 0 Å². The summed E-state index contributed by atoms with van der Waals surface area (Å²) in [5.74, 6) is 0. The van der Waals surface area contributed by atoms with Crippen LogP contribution in [0.5, 0.6) is 0 Å². The lowest BCUT2D eigenvalue weighted by Crippen LogP contribution is -2.26. The van der Waals surface area contributed by atoms with Gasteiger partial charge in [0.2, 0.25) is 0 Å². The Balaban J connectivity index is 2.48. The van der Waals surface area contributed by atoms with Crippen LogP contribution in [0.3, 0.4) is 0 Å². The lowest BCUT2D eigenvalue weighted by Gasteiger charge is -2.19. The molecule has 0 unspecified atom stereocenters. The second kappa shape index (κ2) is 6.87. The van der Waals surface area contributed by atoms with Crippen LogP contribution in [0.2, 0.25) is 5.02 Å². The Morgan fingerprint density at radius 3 is 2.74 bits per heavy atom. The molecule has 122 valence electrons.